The fourth-order valence-corrected chi connectivity index (χ4v) is 1.98. The molecule has 94 valence electrons. The van der Waals surface area contributed by atoms with Gasteiger partial charge in [-0.05, 0) is 25.0 Å². The molecule has 0 bridgehead atoms. The molecule has 1 N–H and O–H groups in total. The molecule has 1 heterocycles. The Balaban J connectivity index is 2.13. The highest BCUT2D eigenvalue weighted by Gasteiger charge is 2.18. The lowest BCUT2D eigenvalue weighted by atomic mass is 10.2. The van der Waals surface area contributed by atoms with E-state index in [1.165, 1.54) is 7.11 Å². The molecule has 0 unspecified atom stereocenters. The Labute approximate surface area is 106 Å². The first-order chi connectivity index (χ1) is 8.74. The van der Waals surface area contributed by atoms with Crippen molar-refractivity contribution in [2.24, 2.45) is 0 Å². The van der Waals surface area contributed by atoms with Crippen LogP contribution in [0.2, 0.25) is 0 Å². The molecule has 5 nitrogen and oxygen atoms in total. The lowest BCUT2D eigenvalue weighted by Gasteiger charge is -2.17. The van der Waals surface area contributed by atoms with Crippen molar-refractivity contribution in [2.45, 2.75) is 12.8 Å². The van der Waals surface area contributed by atoms with Gasteiger partial charge in [-0.2, -0.15) is 5.26 Å². The second-order valence-electron chi connectivity index (χ2n) is 4.15. The van der Waals surface area contributed by atoms with Crippen molar-refractivity contribution in [2.75, 3.05) is 25.5 Å². The van der Waals surface area contributed by atoms with Crippen LogP contribution in [0, 0.1) is 11.3 Å². The average molecular weight is 245 g/mol. The van der Waals surface area contributed by atoms with Gasteiger partial charge in [0.1, 0.15) is 5.75 Å². The number of nitrogens with zero attached hydrogens (tertiary/aromatic N) is 2. The molecule has 1 aliphatic heterocycles. The third-order valence-corrected chi connectivity index (χ3v) is 2.97. The van der Waals surface area contributed by atoms with Crippen molar-refractivity contribution in [3.63, 3.8) is 0 Å². The van der Waals surface area contributed by atoms with E-state index in [0.29, 0.717) is 17.0 Å². The molecule has 0 radical (unpaired) electrons. The Morgan fingerprint density at radius 2 is 2.17 bits per heavy atom. The number of carbonyl (C=O) groups is 1. The predicted octanol–water partition coefficient (Wildman–Crippen LogP) is 2.19. The third kappa shape index (κ3) is 2.54. The van der Waals surface area contributed by atoms with Gasteiger partial charge in [0.15, 0.2) is 0 Å². The standard InChI is InChI=1S/C13H15N3O2/c1-18-12-8-10(9-14)4-5-11(12)15-13(17)16-6-2-3-7-16/h4-5,8H,2-3,6-7H2,1H3,(H,15,17). The quantitative estimate of drug-likeness (QED) is 0.868. The Bertz CT molecular complexity index is 487. The van der Waals surface area contributed by atoms with E-state index in [0.717, 1.165) is 25.9 Å². The summed E-state index contributed by atoms with van der Waals surface area (Å²) in [4.78, 5) is 13.7. The third-order valence-electron chi connectivity index (χ3n) is 2.97. The number of hydrogen-bond donors (Lipinski definition) is 1. The van der Waals surface area contributed by atoms with Crippen molar-refractivity contribution in [3.8, 4) is 11.8 Å². The number of benzene rings is 1. The highest BCUT2D eigenvalue weighted by Crippen LogP contribution is 2.26. The molecule has 18 heavy (non-hydrogen) atoms. The highest BCUT2D eigenvalue weighted by atomic mass is 16.5. The molecular formula is C13H15N3O2. The molecule has 2 amide bonds. The summed E-state index contributed by atoms with van der Waals surface area (Å²) < 4.78 is 5.17. The lowest BCUT2D eigenvalue weighted by molar-refractivity contribution is 0.222. The number of nitriles is 1. The van der Waals surface area contributed by atoms with Crippen LogP contribution in [-0.4, -0.2) is 31.1 Å². The summed E-state index contributed by atoms with van der Waals surface area (Å²) in [5.74, 6) is 0.501. The highest BCUT2D eigenvalue weighted by molar-refractivity contribution is 5.91. The van der Waals surface area contributed by atoms with Gasteiger partial charge >= 0.3 is 6.03 Å². The van der Waals surface area contributed by atoms with Crippen molar-refractivity contribution >= 4 is 11.7 Å². The Morgan fingerprint density at radius 1 is 1.44 bits per heavy atom. The zero-order valence-electron chi connectivity index (χ0n) is 10.3. The number of nitrogens with one attached hydrogen (secondary N) is 1. The Morgan fingerprint density at radius 3 is 2.78 bits per heavy atom. The van der Waals surface area contributed by atoms with Crippen molar-refractivity contribution in [1.82, 2.24) is 4.90 Å². The molecular weight excluding hydrogens is 230 g/mol. The SMILES string of the molecule is COc1cc(C#N)ccc1NC(=O)N1CCCC1. The monoisotopic (exact) mass is 245 g/mol. The van der Waals surface area contributed by atoms with Crippen LogP contribution in [0.15, 0.2) is 18.2 Å². The first-order valence-electron chi connectivity index (χ1n) is 5.88. The summed E-state index contributed by atoms with van der Waals surface area (Å²) in [6.07, 6.45) is 2.11. The van der Waals surface area contributed by atoms with Crippen molar-refractivity contribution in [3.05, 3.63) is 23.8 Å². The van der Waals surface area contributed by atoms with E-state index in [-0.39, 0.29) is 6.03 Å². The smallest absolute Gasteiger partial charge is 0.321 e. The van der Waals surface area contributed by atoms with E-state index in [1.807, 2.05) is 6.07 Å². The van der Waals surface area contributed by atoms with Crippen molar-refractivity contribution in [1.29, 1.82) is 5.26 Å². The van der Waals surface area contributed by atoms with Crippen LogP contribution in [0.25, 0.3) is 0 Å². The zero-order chi connectivity index (χ0) is 13.0. The second kappa shape index (κ2) is 5.41. The fourth-order valence-electron chi connectivity index (χ4n) is 1.98. The molecule has 0 aromatic heterocycles. The number of likely N-dealkylation sites (tertiary alicyclic amines) is 1. The molecule has 0 spiro atoms. The van der Waals surface area contributed by atoms with E-state index in [9.17, 15) is 4.79 Å². The Kier molecular flexibility index (Phi) is 3.68. The molecule has 0 atom stereocenters. The number of anilines is 1. The van der Waals surface area contributed by atoms with Crippen LogP contribution in [0.5, 0.6) is 5.75 Å². The normalized spacial score (nSPS) is 14.1. The fraction of sp³-hybridized carbons (Fsp3) is 0.385. The van der Waals surface area contributed by atoms with E-state index in [4.69, 9.17) is 10.00 Å². The predicted molar refractivity (Wildman–Crippen MR) is 67.5 cm³/mol. The summed E-state index contributed by atoms with van der Waals surface area (Å²) in [7, 11) is 1.52. The zero-order valence-corrected chi connectivity index (χ0v) is 10.3. The minimum absolute atomic E-state index is 0.115. The first-order valence-corrected chi connectivity index (χ1v) is 5.88. The van der Waals surface area contributed by atoms with E-state index in [2.05, 4.69) is 5.32 Å². The number of ether oxygens (including phenoxy) is 1. The van der Waals surface area contributed by atoms with Crippen LogP contribution in [-0.2, 0) is 0 Å². The van der Waals surface area contributed by atoms with Gasteiger partial charge in [-0.15, -0.1) is 0 Å². The van der Waals surface area contributed by atoms with E-state index < -0.39 is 0 Å². The lowest BCUT2D eigenvalue weighted by Crippen LogP contribution is -2.32. The topological polar surface area (TPSA) is 65.4 Å². The van der Waals surface area contributed by atoms with Gasteiger partial charge in [0.05, 0.1) is 24.4 Å². The molecule has 2 rings (SSSR count). The van der Waals surface area contributed by atoms with Gasteiger partial charge in [-0.1, -0.05) is 0 Å². The van der Waals surface area contributed by atoms with Crippen LogP contribution in [0.1, 0.15) is 18.4 Å². The minimum atomic E-state index is -0.115. The second-order valence-corrected chi connectivity index (χ2v) is 4.15. The number of carbonyl (C=O) groups excluding carboxylic acids is 1. The maximum Gasteiger partial charge on any atom is 0.321 e. The molecule has 5 heteroatoms. The maximum atomic E-state index is 11.9. The first kappa shape index (κ1) is 12.2. The summed E-state index contributed by atoms with van der Waals surface area (Å²) in [5.41, 5.74) is 1.10. The number of amides is 2. The summed E-state index contributed by atoms with van der Waals surface area (Å²) in [6, 6.07) is 6.87. The molecule has 1 aromatic rings. The molecule has 1 saturated heterocycles. The number of hydrogen-bond acceptors (Lipinski definition) is 3. The number of urea groups is 1. The van der Waals surface area contributed by atoms with Crippen LogP contribution >= 0.6 is 0 Å². The summed E-state index contributed by atoms with van der Waals surface area (Å²) >= 11 is 0. The average Bonchev–Trinajstić information content (AvgIpc) is 2.93. The van der Waals surface area contributed by atoms with Crippen LogP contribution < -0.4 is 10.1 Å². The van der Waals surface area contributed by atoms with Gasteiger partial charge in [-0.25, -0.2) is 4.79 Å². The van der Waals surface area contributed by atoms with Crippen LogP contribution in [0.3, 0.4) is 0 Å². The van der Waals surface area contributed by atoms with Gasteiger partial charge in [-0.3, -0.25) is 0 Å². The maximum absolute atomic E-state index is 11.9. The van der Waals surface area contributed by atoms with Gasteiger partial charge in [0.25, 0.3) is 0 Å². The Hall–Kier alpha value is -2.22. The summed E-state index contributed by atoms with van der Waals surface area (Å²) in [5, 5.41) is 11.6. The minimum Gasteiger partial charge on any atom is -0.495 e. The number of rotatable bonds is 2. The molecule has 1 aliphatic rings. The molecule has 1 fully saturated rings. The van der Waals surface area contributed by atoms with Gasteiger partial charge < -0.3 is 15.0 Å². The molecule has 1 aromatic carbocycles. The summed E-state index contributed by atoms with van der Waals surface area (Å²) in [6.45, 7) is 1.59. The van der Waals surface area contributed by atoms with E-state index in [1.54, 1.807) is 23.1 Å². The van der Waals surface area contributed by atoms with Crippen molar-refractivity contribution < 1.29 is 9.53 Å². The van der Waals surface area contributed by atoms with Gasteiger partial charge in [0, 0.05) is 19.2 Å². The molecule has 0 saturated carbocycles. The van der Waals surface area contributed by atoms with Gasteiger partial charge in [0.2, 0.25) is 0 Å². The largest absolute Gasteiger partial charge is 0.495 e. The van der Waals surface area contributed by atoms with Crippen LogP contribution in [0.4, 0.5) is 10.5 Å². The number of methoxy groups -OCH3 is 1. The van der Waals surface area contributed by atoms with E-state index >= 15 is 0 Å². The molecule has 0 aliphatic carbocycles.